The summed E-state index contributed by atoms with van der Waals surface area (Å²) in [5, 5.41) is 18.3. The van der Waals surface area contributed by atoms with Gasteiger partial charge < -0.3 is 11.1 Å². The Kier molecular flexibility index (Phi) is 4.85. The Bertz CT molecular complexity index is 1390. The monoisotopic (exact) mass is 449 g/mol. The first kappa shape index (κ1) is 20.8. The van der Waals surface area contributed by atoms with Gasteiger partial charge in [-0.15, -0.1) is 0 Å². The number of nitrogens with two attached hydrogens (primary N) is 1. The van der Waals surface area contributed by atoms with Crippen LogP contribution in [0.2, 0.25) is 0 Å². The van der Waals surface area contributed by atoms with E-state index in [1.54, 1.807) is 10.7 Å². The molecule has 34 heavy (non-hydrogen) atoms. The van der Waals surface area contributed by atoms with Gasteiger partial charge in [0.05, 0.1) is 17.6 Å². The molecule has 0 spiro atoms. The number of benzene rings is 1. The number of hydrogen-bond donors (Lipinski definition) is 2. The van der Waals surface area contributed by atoms with Crippen LogP contribution >= 0.6 is 0 Å². The second-order valence-corrected chi connectivity index (χ2v) is 9.60. The summed E-state index contributed by atoms with van der Waals surface area (Å²) in [6.07, 6.45) is 8.88. The summed E-state index contributed by atoms with van der Waals surface area (Å²) in [5.41, 5.74) is 12.1. The molecular formula is C27H27N7. The third-order valence-corrected chi connectivity index (χ3v) is 7.73. The fourth-order valence-electron chi connectivity index (χ4n) is 5.95. The van der Waals surface area contributed by atoms with E-state index in [0.717, 1.165) is 47.3 Å². The van der Waals surface area contributed by atoms with Gasteiger partial charge in [-0.3, -0.25) is 4.98 Å². The number of rotatable bonds is 4. The molecule has 2 saturated heterocycles. The molecule has 5 heterocycles. The molecule has 7 heteroatoms. The molecule has 1 aromatic carbocycles. The van der Waals surface area contributed by atoms with E-state index in [-0.39, 0.29) is 5.41 Å². The molecule has 2 unspecified atom stereocenters. The van der Waals surface area contributed by atoms with Crippen molar-refractivity contribution in [2.45, 2.75) is 56.5 Å². The molecule has 3 N–H and O–H groups in total. The summed E-state index contributed by atoms with van der Waals surface area (Å²) in [6, 6.07) is 17.5. The molecule has 2 aliphatic rings. The average molecular weight is 450 g/mol. The van der Waals surface area contributed by atoms with Crippen LogP contribution in [-0.4, -0.2) is 31.7 Å². The van der Waals surface area contributed by atoms with Crippen molar-refractivity contribution in [2.24, 2.45) is 0 Å². The Balaban J connectivity index is 1.48. The molecule has 4 aromatic rings. The Morgan fingerprint density at radius 3 is 2.50 bits per heavy atom. The molecule has 7 nitrogen and oxygen atoms in total. The standard InChI is InChI=1S/C27H27N7/c1-2-27(12-19-9-10-20(13-27)32-19)24-21(14-28)25(29)34-26(33-24)22(16-31-34)18-8-11-23(30-15-18)17-6-4-3-5-7-17/h3-8,11,15-16,19-20,32H,2,9-10,12-13,29H2,1H3. The molecule has 0 radical (unpaired) electrons. The van der Waals surface area contributed by atoms with E-state index in [1.807, 2.05) is 48.7 Å². The lowest BCUT2D eigenvalue weighted by molar-refractivity contribution is 0.234. The molecule has 0 aliphatic carbocycles. The summed E-state index contributed by atoms with van der Waals surface area (Å²) in [7, 11) is 0. The van der Waals surface area contributed by atoms with Crippen LogP contribution in [0.5, 0.6) is 0 Å². The predicted octanol–water partition coefficient (Wildman–Crippen LogP) is 4.47. The molecule has 3 aromatic heterocycles. The van der Waals surface area contributed by atoms with Crippen molar-refractivity contribution in [1.82, 2.24) is 24.9 Å². The maximum atomic E-state index is 10.1. The largest absolute Gasteiger partial charge is 0.382 e. The first-order valence-electron chi connectivity index (χ1n) is 12.0. The van der Waals surface area contributed by atoms with Gasteiger partial charge in [-0.1, -0.05) is 43.3 Å². The fraction of sp³-hybridized carbons (Fsp3) is 0.333. The Morgan fingerprint density at radius 2 is 1.85 bits per heavy atom. The highest BCUT2D eigenvalue weighted by molar-refractivity contribution is 5.79. The maximum Gasteiger partial charge on any atom is 0.165 e. The van der Waals surface area contributed by atoms with Crippen molar-refractivity contribution >= 4 is 11.5 Å². The van der Waals surface area contributed by atoms with E-state index in [2.05, 4.69) is 28.4 Å². The zero-order valence-corrected chi connectivity index (χ0v) is 19.2. The molecule has 6 rings (SSSR count). The van der Waals surface area contributed by atoms with Crippen LogP contribution in [0.15, 0.2) is 54.9 Å². The van der Waals surface area contributed by atoms with Crippen LogP contribution < -0.4 is 11.1 Å². The van der Waals surface area contributed by atoms with E-state index in [9.17, 15) is 5.26 Å². The molecule has 2 bridgehead atoms. The van der Waals surface area contributed by atoms with Crippen molar-refractivity contribution < 1.29 is 0 Å². The second kappa shape index (κ2) is 7.93. The molecular weight excluding hydrogens is 422 g/mol. The number of nitrogens with zero attached hydrogens (tertiary/aromatic N) is 5. The van der Waals surface area contributed by atoms with Crippen LogP contribution in [0, 0.1) is 11.3 Å². The highest BCUT2D eigenvalue weighted by Gasteiger charge is 2.46. The third-order valence-electron chi connectivity index (χ3n) is 7.73. The molecule has 0 saturated carbocycles. The summed E-state index contributed by atoms with van der Waals surface area (Å²) in [6.45, 7) is 2.21. The number of nitrogens with one attached hydrogen (secondary N) is 1. The molecule has 2 fully saturated rings. The van der Waals surface area contributed by atoms with Crippen LogP contribution in [0.1, 0.15) is 50.3 Å². The molecule has 0 amide bonds. The van der Waals surface area contributed by atoms with Crippen molar-refractivity contribution in [3.8, 4) is 28.5 Å². The number of pyridine rings is 1. The number of anilines is 1. The number of fused-ring (bicyclic) bond motifs is 3. The van der Waals surface area contributed by atoms with Gasteiger partial charge in [-0.2, -0.15) is 14.9 Å². The third kappa shape index (κ3) is 3.17. The van der Waals surface area contributed by atoms with Gasteiger partial charge >= 0.3 is 0 Å². The van der Waals surface area contributed by atoms with Gasteiger partial charge in [-0.25, -0.2) is 4.98 Å². The summed E-state index contributed by atoms with van der Waals surface area (Å²) in [5.74, 6) is 0.362. The van der Waals surface area contributed by atoms with E-state index >= 15 is 0 Å². The van der Waals surface area contributed by atoms with Crippen molar-refractivity contribution in [1.29, 1.82) is 5.26 Å². The Hall–Kier alpha value is -3.76. The first-order chi connectivity index (χ1) is 16.6. The van der Waals surface area contributed by atoms with Crippen molar-refractivity contribution in [2.75, 3.05) is 5.73 Å². The second-order valence-electron chi connectivity index (χ2n) is 9.60. The van der Waals surface area contributed by atoms with Crippen LogP contribution in [-0.2, 0) is 5.41 Å². The molecule has 170 valence electrons. The normalized spacial score (nSPS) is 23.8. The maximum absolute atomic E-state index is 10.1. The smallest absolute Gasteiger partial charge is 0.165 e. The van der Waals surface area contributed by atoms with Gasteiger partial charge in [0.25, 0.3) is 0 Å². The van der Waals surface area contributed by atoms with Crippen molar-refractivity contribution in [3.63, 3.8) is 0 Å². The lowest BCUT2D eigenvalue weighted by Crippen LogP contribution is -2.47. The predicted molar refractivity (Wildman–Crippen MR) is 132 cm³/mol. The minimum atomic E-state index is -0.158. The Morgan fingerprint density at radius 1 is 1.09 bits per heavy atom. The highest BCUT2D eigenvalue weighted by atomic mass is 15.3. The van der Waals surface area contributed by atoms with Crippen LogP contribution in [0.3, 0.4) is 0 Å². The minimum absolute atomic E-state index is 0.158. The summed E-state index contributed by atoms with van der Waals surface area (Å²) < 4.78 is 1.60. The number of aromatic nitrogens is 4. The Labute approximate surface area is 198 Å². The van der Waals surface area contributed by atoms with Gasteiger partial charge in [0.2, 0.25) is 0 Å². The topological polar surface area (TPSA) is 105 Å². The van der Waals surface area contributed by atoms with Crippen LogP contribution in [0.25, 0.3) is 28.0 Å². The number of nitriles is 1. The van der Waals surface area contributed by atoms with E-state index in [4.69, 9.17) is 10.7 Å². The first-order valence-corrected chi connectivity index (χ1v) is 12.0. The average Bonchev–Trinajstić information content (AvgIpc) is 3.47. The van der Waals surface area contributed by atoms with Gasteiger partial charge in [0.15, 0.2) is 5.65 Å². The van der Waals surface area contributed by atoms with E-state index < -0.39 is 0 Å². The molecule has 2 aliphatic heterocycles. The molecule has 2 atom stereocenters. The lowest BCUT2D eigenvalue weighted by Gasteiger charge is -2.41. The van der Waals surface area contributed by atoms with E-state index in [0.29, 0.717) is 29.1 Å². The number of piperidine rings is 1. The van der Waals surface area contributed by atoms with Crippen molar-refractivity contribution in [3.05, 3.63) is 66.1 Å². The summed E-state index contributed by atoms with van der Waals surface area (Å²) >= 11 is 0. The number of hydrogen-bond acceptors (Lipinski definition) is 6. The van der Waals surface area contributed by atoms with Gasteiger partial charge in [0, 0.05) is 40.4 Å². The fourth-order valence-corrected chi connectivity index (χ4v) is 5.95. The minimum Gasteiger partial charge on any atom is -0.382 e. The SMILES string of the molecule is CCC1(c2nc3c(-c4ccc(-c5ccccc5)nc4)cnn3c(N)c2C#N)CC2CCC(C1)N2. The number of nitrogen functional groups attached to an aromatic ring is 1. The van der Waals surface area contributed by atoms with Gasteiger partial charge in [0.1, 0.15) is 17.5 Å². The highest BCUT2D eigenvalue weighted by Crippen LogP contribution is 2.46. The quantitative estimate of drug-likeness (QED) is 0.476. The lowest BCUT2D eigenvalue weighted by atomic mass is 9.70. The zero-order chi connectivity index (χ0) is 23.3. The van der Waals surface area contributed by atoms with Gasteiger partial charge in [-0.05, 0) is 38.2 Å². The van der Waals surface area contributed by atoms with E-state index in [1.165, 1.54) is 12.8 Å². The zero-order valence-electron chi connectivity index (χ0n) is 19.2. The van der Waals surface area contributed by atoms with Crippen LogP contribution in [0.4, 0.5) is 5.82 Å². The summed E-state index contributed by atoms with van der Waals surface area (Å²) in [4.78, 5) is 9.81.